The molecule has 0 aliphatic carbocycles. The summed E-state index contributed by atoms with van der Waals surface area (Å²) < 4.78 is 37.8. The second kappa shape index (κ2) is 9.40. The lowest BCUT2D eigenvalue weighted by atomic mass is 10.1. The van der Waals surface area contributed by atoms with Gasteiger partial charge in [0.15, 0.2) is 0 Å². The largest absolute Gasteiger partial charge is 0.495 e. The molecule has 0 radical (unpaired) electrons. The van der Waals surface area contributed by atoms with Crippen molar-refractivity contribution in [3.8, 4) is 11.5 Å². The van der Waals surface area contributed by atoms with E-state index in [0.717, 1.165) is 0 Å². The maximum atomic E-state index is 12.7. The molecule has 0 bridgehead atoms. The number of hydrogen-bond acceptors (Lipinski definition) is 5. The van der Waals surface area contributed by atoms with Crippen LogP contribution >= 0.6 is 15.9 Å². The zero-order chi connectivity index (χ0) is 20.9. The van der Waals surface area contributed by atoms with Crippen molar-refractivity contribution in [1.29, 1.82) is 0 Å². The van der Waals surface area contributed by atoms with E-state index in [2.05, 4.69) is 21.2 Å². The standard InChI is InChI=1S/C19H23BrN2O5S/c1-5-22(6-2)28(24,25)15-9-7-8-14(12-15)21-19(23)13-10-16(26-3)18(20)17(11-13)27-4/h7-12H,5-6H2,1-4H3,(H,21,23). The Balaban J connectivity index is 2.33. The molecule has 0 fully saturated rings. The topological polar surface area (TPSA) is 84.9 Å². The molecule has 1 amide bonds. The Labute approximate surface area is 173 Å². The van der Waals surface area contributed by atoms with Gasteiger partial charge in [0.2, 0.25) is 10.0 Å². The average molecular weight is 471 g/mol. The number of hydrogen-bond donors (Lipinski definition) is 1. The van der Waals surface area contributed by atoms with Gasteiger partial charge < -0.3 is 14.8 Å². The van der Waals surface area contributed by atoms with E-state index < -0.39 is 15.9 Å². The van der Waals surface area contributed by atoms with Gasteiger partial charge in [-0.1, -0.05) is 19.9 Å². The molecule has 9 heteroatoms. The first-order valence-corrected chi connectivity index (χ1v) is 10.8. The minimum absolute atomic E-state index is 0.125. The molecule has 2 rings (SSSR count). The molecule has 0 saturated carbocycles. The van der Waals surface area contributed by atoms with Crippen LogP contribution in [0, 0.1) is 0 Å². The summed E-state index contributed by atoms with van der Waals surface area (Å²) in [6.07, 6.45) is 0. The van der Waals surface area contributed by atoms with Gasteiger partial charge in [-0.3, -0.25) is 4.79 Å². The first-order chi connectivity index (χ1) is 13.3. The van der Waals surface area contributed by atoms with Crippen LogP contribution in [0.3, 0.4) is 0 Å². The summed E-state index contributed by atoms with van der Waals surface area (Å²) in [6, 6.07) is 9.31. The SMILES string of the molecule is CCN(CC)S(=O)(=O)c1cccc(NC(=O)c2cc(OC)c(Br)c(OC)c2)c1. The maximum absolute atomic E-state index is 12.7. The number of methoxy groups -OCH3 is 2. The highest BCUT2D eigenvalue weighted by Crippen LogP contribution is 2.35. The van der Waals surface area contributed by atoms with E-state index in [1.807, 2.05) is 0 Å². The maximum Gasteiger partial charge on any atom is 0.255 e. The summed E-state index contributed by atoms with van der Waals surface area (Å²) in [7, 11) is -0.638. The minimum Gasteiger partial charge on any atom is -0.495 e. The van der Waals surface area contributed by atoms with E-state index in [-0.39, 0.29) is 4.90 Å². The number of nitrogens with zero attached hydrogens (tertiary/aromatic N) is 1. The second-order valence-electron chi connectivity index (χ2n) is 5.77. The Kier molecular flexibility index (Phi) is 7.45. The molecule has 0 aliphatic heterocycles. The summed E-state index contributed by atoms with van der Waals surface area (Å²) in [5, 5.41) is 2.72. The van der Waals surface area contributed by atoms with Gasteiger partial charge in [-0.05, 0) is 46.3 Å². The zero-order valence-corrected chi connectivity index (χ0v) is 18.6. The van der Waals surface area contributed by atoms with Crippen LogP contribution in [-0.2, 0) is 10.0 Å². The molecule has 0 aliphatic rings. The van der Waals surface area contributed by atoms with Crippen LogP contribution in [-0.4, -0.2) is 45.9 Å². The Hall–Kier alpha value is -2.10. The van der Waals surface area contributed by atoms with Crippen molar-refractivity contribution in [2.45, 2.75) is 18.7 Å². The van der Waals surface area contributed by atoms with Crippen LogP contribution in [0.15, 0.2) is 45.8 Å². The lowest BCUT2D eigenvalue weighted by molar-refractivity contribution is 0.102. The van der Waals surface area contributed by atoms with Crippen molar-refractivity contribution in [2.24, 2.45) is 0 Å². The molecule has 1 N–H and O–H groups in total. The molecule has 0 saturated heterocycles. The molecule has 152 valence electrons. The first kappa shape index (κ1) is 22.2. The third-order valence-electron chi connectivity index (χ3n) is 4.14. The molecule has 0 aromatic heterocycles. The Bertz CT molecular complexity index is 934. The van der Waals surface area contributed by atoms with Gasteiger partial charge in [0.05, 0.1) is 19.1 Å². The van der Waals surface area contributed by atoms with Crippen molar-refractivity contribution >= 4 is 37.5 Å². The van der Waals surface area contributed by atoms with Crippen molar-refractivity contribution in [2.75, 3.05) is 32.6 Å². The lowest BCUT2D eigenvalue weighted by Gasteiger charge is -2.19. The molecular formula is C19H23BrN2O5S. The number of carbonyl (C=O) groups is 1. The summed E-state index contributed by atoms with van der Waals surface area (Å²) in [5.74, 6) is 0.478. The molecule has 0 heterocycles. The number of nitrogens with one attached hydrogen (secondary N) is 1. The monoisotopic (exact) mass is 470 g/mol. The minimum atomic E-state index is -3.62. The van der Waals surface area contributed by atoms with Crippen LogP contribution in [0.4, 0.5) is 5.69 Å². The van der Waals surface area contributed by atoms with Gasteiger partial charge in [0.1, 0.15) is 16.0 Å². The predicted molar refractivity (Wildman–Crippen MR) is 112 cm³/mol. The Morgan fingerprint density at radius 2 is 1.64 bits per heavy atom. The normalized spacial score (nSPS) is 11.4. The van der Waals surface area contributed by atoms with Gasteiger partial charge in [-0.25, -0.2) is 8.42 Å². The van der Waals surface area contributed by atoms with E-state index in [4.69, 9.17) is 9.47 Å². The second-order valence-corrected chi connectivity index (χ2v) is 8.50. The van der Waals surface area contributed by atoms with Gasteiger partial charge in [0.25, 0.3) is 5.91 Å². The number of sulfonamides is 1. The number of halogens is 1. The van der Waals surface area contributed by atoms with E-state index in [1.54, 1.807) is 38.1 Å². The summed E-state index contributed by atoms with van der Waals surface area (Å²) in [5.41, 5.74) is 0.688. The van der Waals surface area contributed by atoms with Gasteiger partial charge in [0, 0.05) is 24.3 Å². The van der Waals surface area contributed by atoms with Crippen LogP contribution in [0.25, 0.3) is 0 Å². The smallest absolute Gasteiger partial charge is 0.255 e. The van der Waals surface area contributed by atoms with Crippen molar-refractivity contribution < 1.29 is 22.7 Å². The fraction of sp³-hybridized carbons (Fsp3) is 0.316. The first-order valence-electron chi connectivity index (χ1n) is 8.61. The number of ether oxygens (including phenoxy) is 2. The van der Waals surface area contributed by atoms with E-state index >= 15 is 0 Å². The molecule has 0 spiro atoms. The third-order valence-corrected chi connectivity index (χ3v) is 6.97. The highest BCUT2D eigenvalue weighted by atomic mass is 79.9. The molecule has 7 nitrogen and oxygen atoms in total. The molecule has 28 heavy (non-hydrogen) atoms. The lowest BCUT2D eigenvalue weighted by Crippen LogP contribution is -2.30. The number of rotatable bonds is 8. The summed E-state index contributed by atoms with van der Waals surface area (Å²) in [4.78, 5) is 12.8. The zero-order valence-electron chi connectivity index (χ0n) is 16.2. The van der Waals surface area contributed by atoms with Crippen LogP contribution in [0.2, 0.25) is 0 Å². The molecular weight excluding hydrogens is 448 g/mol. The molecule has 0 unspecified atom stereocenters. The van der Waals surface area contributed by atoms with Crippen molar-refractivity contribution in [1.82, 2.24) is 4.31 Å². The van der Waals surface area contributed by atoms with Gasteiger partial charge >= 0.3 is 0 Å². The molecule has 2 aromatic carbocycles. The summed E-state index contributed by atoms with van der Waals surface area (Å²) in [6.45, 7) is 4.30. The fourth-order valence-electron chi connectivity index (χ4n) is 2.65. The van der Waals surface area contributed by atoms with Gasteiger partial charge in [-0.2, -0.15) is 4.31 Å². The van der Waals surface area contributed by atoms with E-state index in [9.17, 15) is 13.2 Å². The van der Waals surface area contributed by atoms with E-state index in [1.165, 1.54) is 30.7 Å². The number of anilines is 1. The fourth-order valence-corrected chi connectivity index (χ4v) is 4.71. The quantitative estimate of drug-likeness (QED) is 0.634. The van der Waals surface area contributed by atoms with Gasteiger partial charge in [-0.15, -0.1) is 0 Å². The van der Waals surface area contributed by atoms with Crippen molar-refractivity contribution in [3.63, 3.8) is 0 Å². The summed E-state index contributed by atoms with van der Waals surface area (Å²) >= 11 is 3.36. The third kappa shape index (κ3) is 4.65. The van der Waals surface area contributed by atoms with Crippen LogP contribution in [0.5, 0.6) is 11.5 Å². The Morgan fingerprint density at radius 3 is 2.14 bits per heavy atom. The van der Waals surface area contributed by atoms with Crippen molar-refractivity contribution in [3.05, 3.63) is 46.4 Å². The highest BCUT2D eigenvalue weighted by Gasteiger charge is 2.22. The number of benzene rings is 2. The highest BCUT2D eigenvalue weighted by molar-refractivity contribution is 9.10. The van der Waals surface area contributed by atoms with Crippen LogP contribution in [0.1, 0.15) is 24.2 Å². The molecule has 0 atom stereocenters. The predicted octanol–water partition coefficient (Wildman–Crippen LogP) is 3.75. The average Bonchev–Trinajstić information content (AvgIpc) is 2.69. The molecule has 2 aromatic rings. The Morgan fingerprint density at radius 1 is 1.07 bits per heavy atom. The number of amides is 1. The number of carbonyl (C=O) groups excluding carboxylic acids is 1. The van der Waals surface area contributed by atoms with E-state index in [0.29, 0.717) is 40.3 Å². The van der Waals surface area contributed by atoms with Crippen LogP contribution < -0.4 is 14.8 Å².